The molecule has 1 saturated heterocycles. The predicted molar refractivity (Wildman–Crippen MR) is 97.5 cm³/mol. The Balaban J connectivity index is 2.08. The number of ether oxygens (including phenoxy) is 2. The number of amides is 2. The normalized spacial score (nSPS) is 14.1. The number of nitriles is 1. The van der Waals surface area contributed by atoms with Crippen LogP contribution in [0.3, 0.4) is 0 Å². The molecule has 1 aromatic rings. The van der Waals surface area contributed by atoms with Gasteiger partial charge in [0.15, 0.2) is 0 Å². The number of carbonyl (C=O) groups is 2. The highest BCUT2D eigenvalue weighted by Crippen LogP contribution is 2.29. The molecule has 0 aliphatic carbocycles. The maximum absolute atomic E-state index is 12.4. The van der Waals surface area contributed by atoms with Crippen LogP contribution < -0.4 is 10.1 Å². The summed E-state index contributed by atoms with van der Waals surface area (Å²) >= 11 is 0. The molecule has 0 bridgehead atoms. The molecule has 11 heteroatoms. The van der Waals surface area contributed by atoms with Crippen LogP contribution in [0.1, 0.15) is 0 Å². The van der Waals surface area contributed by atoms with Crippen molar-refractivity contribution in [2.75, 3.05) is 45.7 Å². The lowest BCUT2D eigenvalue weighted by Crippen LogP contribution is -2.47. The highest BCUT2D eigenvalue weighted by Gasteiger charge is 2.22. The first-order chi connectivity index (χ1) is 13.4. The first-order valence-corrected chi connectivity index (χ1v) is 8.22. The molecule has 1 aliphatic rings. The summed E-state index contributed by atoms with van der Waals surface area (Å²) in [5.41, 5.74) is -0.129. The van der Waals surface area contributed by atoms with Gasteiger partial charge in [-0.15, -0.1) is 0 Å². The fourth-order valence-corrected chi connectivity index (χ4v) is 2.57. The van der Waals surface area contributed by atoms with Crippen molar-refractivity contribution >= 4 is 23.4 Å². The van der Waals surface area contributed by atoms with Crippen LogP contribution in [0.4, 0.5) is 16.2 Å². The lowest BCUT2D eigenvalue weighted by molar-refractivity contribution is -0.384. The summed E-state index contributed by atoms with van der Waals surface area (Å²) < 4.78 is 9.72. The zero-order valence-corrected chi connectivity index (χ0v) is 15.4. The van der Waals surface area contributed by atoms with Crippen LogP contribution in [0, 0.1) is 21.4 Å². The fourth-order valence-electron chi connectivity index (χ4n) is 2.57. The minimum atomic E-state index is -0.676. The van der Waals surface area contributed by atoms with Gasteiger partial charge in [-0.25, -0.2) is 4.79 Å². The van der Waals surface area contributed by atoms with Crippen molar-refractivity contribution in [1.29, 1.82) is 5.26 Å². The third kappa shape index (κ3) is 4.88. The van der Waals surface area contributed by atoms with E-state index in [1.165, 1.54) is 43.5 Å². The molecule has 0 aromatic heterocycles. The third-order valence-corrected chi connectivity index (χ3v) is 4.07. The van der Waals surface area contributed by atoms with Gasteiger partial charge in [-0.2, -0.15) is 5.26 Å². The number of anilines is 1. The maximum atomic E-state index is 12.4. The van der Waals surface area contributed by atoms with Gasteiger partial charge in [0.25, 0.3) is 11.6 Å². The van der Waals surface area contributed by atoms with Gasteiger partial charge >= 0.3 is 6.09 Å². The highest BCUT2D eigenvalue weighted by molar-refractivity contribution is 6.07. The van der Waals surface area contributed by atoms with E-state index in [1.807, 2.05) is 6.07 Å². The molecular weight excluding hydrogens is 370 g/mol. The summed E-state index contributed by atoms with van der Waals surface area (Å²) in [6.07, 6.45) is 0.995. The number of nitro benzene ring substituents is 1. The largest absolute Gasteiger partial charge is 0.494 e. The first-order valence-electron chi connectivity index (χ1n) is 8.22. The molecule has 1 N–H and O–H groups in total. The average molecular weight is 389 g/mol. The molecule has 2 rings (SSSR count). The van der Waals surface area contributed by atoms with Crippen LogP contribution in [-0.4, -0.2) is 67.1 Å². The maximum Gasteiger partial charge on any atom is 0.409 e. The van der Waals surface area contributed by atoms with Gasteiger partial charge in [0.2, 0.25) is 0 Å². The van der Waals surface area contributed by atoms with E-state index >= 15 is 0 Å². The van der Waals surface area contributed by atoms with Gasteiger partial charge < -0.3 is 24.6 Å². The van der Waals surface area contributed by atoms with Crippen LogP contribution in [0.25, 0.3) is 0 Å². The topological polar surface area (TPSA) is 138 Å². The number of nitrogens with zero attached hydrogens (tertiary/aromatic N) is 4. The Labute approximate surface area is 160 Å². The Kier molecular flexibility index (Phi) is 6.75. The molecule has 148 valence electrons. The number of nitrogens with one attached hydrogen (secondary N) is 1. The summed E-state index contributed by atoms with van der Waals surface area (Å²) in [5, 5.41) is 22.7. The Morgan fingerprint density at radius 1 is 1.29 bits per heavy atom. The van der Waals surface area contributed by atoms with Crippen LogP contribution in [0.2, 0.25) is 0 Å². The molecule has 0 saturated carbocycles. The number of methoxy groups -OCH3 is 2. The monoisotopic (exact) mass is 389 g/mol. The van der Waals surface area contributed by atoms with Gasteiger partial charge in [0, 0.05) is 38.4 Å². The highest BCUT2D eigenvalue weighted by atomic mass is 16.6. The molecule has 1 heterocycles. The second-order valence-electron chi connectivity index (χ2n) is 5.74. The number of piperazine rings is 1. The quantitative estimate of drug-likeness (QED) is 0.344. The lowest BCUT2D eigenvalue weighted by Gasteiger charge is -2.33. The number of rotatable bonds is 5. The first kappa shape index (κ1) is 20.5. The molecule has 0 radical (unpaired) electrons. The number of non-ortho nitro benzene ring substituents is 1. The van der Waals surface area contributed by atoms with Gasteiger partial charge in [-0.3, -0.25) is 14.9 Å². The van der Waals surface area contributed by atoms with Crippen molar-refractivity contribution in [3.63, 3.8) is 0 Å². The molecule has 0 atom stereocenters. The van der Waals surface area contributed by atoms with Crippen LogP contribution >= 0.6 is 0 Å². The second-order valence-corrected chi connectivity index (χ2v) is 5.74. The number of nitro groups is 1. The van der Waals surface area contributed by atoms with Gasteiger partial charge in [-0.05, 0) is 6.07 Å². The Bertz CT molecular complexity index is 839. The van der Waals surface area contributed by atoms with Crippen LogP contribution in [-0.2, 0) is 9.53 Å². The number of hydrogen-bond acceptors (Lipinski definition) is 8. The molecule has 28 heavy (non-hydrogen) atoms. The summed E-state index contributed by atoms with van der Waals surface area (Å²) in [4.78, 5) is 37.4. The van der Waals surface area contributed by atoms with E-state index in [4.69, 9.17) is 4.74 Å². The second kappa shape index (κ2) is 9.22. The number of benzene rings is 1. The molecule has 1 aliphatic heterocycles. The molecule has 11 nitrogen and oxygen atoms in total. The minimum absolute atomic E-state index is 0.103. The van der Waals surface area contributed by atoms with Crippen molar-refractivity contribution in [3.05, 3.63) is 40.1 Å². The Hall–Kier alpha value is -3.81. The Morgan fingerprint density at radius 2 is 1.96 bits per heavy atom. The summed E-state index contributed by atoms with van der Waals surface area (Å²) in [6.45, 7) is 1.68. The van der Waals surface area contributed by atoms with Crippen molar-refractivity contribution in [2.24, 2.45) is 0 Å². The predicted octanol–water partition coefficient (Wildman–Crippen LogP) is 1.33. The van der Waals surface area contributed by atoms with Gasteiger partial charge in [0.1, 0.15) is 17.4 Å². The molecule has 1 fully saturated rings. The van der Waals surface area contributed by atoms with E-state index in [1.54, 1.807) is 4.90 Å². The van der Waals surface area contributed by atoms with Crippen LogP contribution in [0.15, 0.2) is 30.0 Å². The van der Waals surface area contributed by atoms with Gasteiger partial charge in [0.05, 0.1) is 30.9 Å². The lowest BCUT2D eigenvalue weighted by atomic mass is 10.2. The van der Waals surface area contributed by atoms with Crippen LogP contribution in [0.5, 0.6) is 5.75 Å². The minimum Gasteiger partial charge on any atom is -0.494 e. The molecule has 0 spiro atoms. The summed E-state index contributed by atoms with van der Waals surface area (Å²) in [7, 11) is 2.62. The van der Waals surface area contributed by atoms with E-state index in [0.717, 1.165) is 0 Å². The van der Waals surface area contributed by atoms with E-state index in [2.05, 4.69) is 10.1 Å². The van der Waals surface area contributed by atoms with E-state index < -0.39 is 16.9 Å². The Morgan fingerprint density at radius 3 is 2.50 bits per heavy atom. The fraction of sp³-hybridized carbons (Fsp3) is 0.353. The van der Waals surface area contributed by atoms with E-state index in [9.17, 15) is 25.0 Å². The van der Waals surface area contributed by atoms with E-state index in [-0.39, 0.29) is 22.7 Å². The molecular formula is C17H19N5O6. The van der Waals surface area contributed by atoms with Gasteiger partial charge in [-0.1, -0.05) is 0 Å². The molecule has 0 unspecified atom stereocenters. The third-order valence-electron chi connectivity index (χ3n) is 4.07. The SMILES string of the molecule is COC(=O)N1CCN(/C=C(/C#N)C(=O)Nc2ccc([N+](=O)[O-])cc2OC)CC1. The van der Waals surface area contributed by atoms with E-state index in [0.29, 0.717) is 26.2 Å². The number of carbonyl (C=O) groups excluding carboxylic acids is 2. The molecule has 1 aromatic carbocycles. The van der Waals surface area contributed by atoms with Crippen molar-refractivity contribution in [2.45, 2.75) is 0 Å². The van der Waals surface area contributed by atoms with Crippen molar-refractivity contribution in [3.8, 4) is 11.8 Å². The smallest absolute Gasteiger partial charge is 0.409 e. The zero-order valence-electron chi connectivity index (χ0n) is 15.4. The zero-order chi connectivity index (χ0) is 20.7. The summed E-state index contributed by atoms with van der Waals surface area (Å²) in [5.74, 6) is -0.573. The van der Waals surface area contributed by atoms with Crippen molar-refractivity contribution < 1.29 is 24.0 Å². The number of hydrogen-bond donors (Lipinski definition) is 1. The summed E-state index contributed by atoms with van der Waals surface area (Å²) in [6, 6.07) is 5.57. The molecule has 2 amide bonds. The van der Waals surface area contributed by atoms with Crippen molar-refractivity contribution in [1.82, 2.24) is 9.80 Å². The average Bonchev–Trinajstić information content (AvgIpc) is 2.71. The standard InChI is InChI=1S/C17H19N5O6/c1-27-15-9-13(22(25)26)3-4-14(15)19-16(23)12(10-18)11-20-5-7-21(8-6-20)17(24)28-2/h3-4,9,11H,5-8H2,1-2H3,(H,19,23)/b12-11-.